The normalized spacial score (nSPS) is 21.1. The van der Waals surface area contributed by atoms with Crippen LogP contribution in [-0.2, 0) is 43.2 Å². The molecule has 0 spiro atoms. The van der Waals surface area contributed by atoms with Gasteiger partial charge in [0.1, 0.15) is 35.9 Å². The lowest BCUT2D eigenvalue weighted by molar-refractivity contribution is -0.307. The molecule has 0 N–H and O–H groups in total. The fourth-order valence-corrected chi connectivity index (χ4v) is 8.71. The second-order valence-electron chi connectivity index (χ2n) is 12.2. The highest BCUT2D eigenvalue weighted by Gasteiger charge is 2.50. The Kier molecular flexibility index (Phi) is 13.7. The number of ether oxygens (including phenoxy) is 6. The van der Waals surface area contributed by atoms with E-state index in [4.69, 9.17) is 32.8 Å². The maximum Gasteiger partial charge on any atom is 0.229 e. The van der Waals surface area contributed by atoms with Crippen LogP contribution >= 0.6 is 0 Å². The summed E-state index contributed by atoms with van der Waals surface area (Å²) in [6.45, 7) is 8.20. The molecule has 1 saturated heterocycles. The Hall–Kier alpha value is -3.50. The lowest BCUT2D eigenvalue weighted by Crippen LogP contribution is -2.63. The lowest BCUT2D eigenvalue weighted by Gasteiger charge is -2.46. The number of hydrogen-bond donors (Lipinski definition) is 0. The Morgan fingerprint density at radius 1 is 0.542 bits per heavy atom. The minimum absolute atomic E-state index is 0.354. The molecule has 0 saturated carbocycles. The van der Waals surface area contributed by atoms with E-state index in [0.717, 1.165) is 40.6 Å². The predicted octanol–water partition coefficient (Wildman–Crippen LogP) is 8.58. The van der Waals surface area contributed by atoms with Crippen LogP contribution in [0, 0.1) is 0 Å². The summed E-state index contributed by atoms with van der Waals surface area (Å²) in [7, 11) is -0.309. The number of benzene rings is 4. The number of rotatable bonds is 18. The van der Waals surface area contributed by atoms with Crippen molar-refractivity contribution in [3.8, 4) is 11.5 Å². The quantitative estimate of drug-likeness (QED) is 0.0983. The topological polar surface area (TPSA) is 64.6 Å². The molecule has 0 bridgehead atoms. The largest absolute Gasteiger partial charge is 0.497 e. The molecule has 0 unspecified atom stereocenters. The third-order valence-corrected chi connectivity index (χ3v) is 13.9. The molecule has 5 rings (SSSR count). The summed E-state index contributed by atoms with van der Waals surface area (Å²) in [4.78, 5) is 0. The van der Waals surface area contributed by atoms with Crippen molar-refractivity contribution in [2.24, 2.45) is 0 Å². The third-order valence-electron chi connectivity index (χ3n) is 9.25. The van der Waals surface area contributed by atoms with Gasteiger partial charge in [-0.1, -0.05) is 112 Å². The fraction of sp³-hybridized carbons (Fsp3) is 0.400. The number of hydrogen-bond acceptors (Lipinski definition) is 7. The number of methoxy groups -OCH3 is 1. The van der Waals surface area contributed by atoms with Crippen LogP contribution in [-0.4, -0.2) is 52.7 Å². The minimum atomic E-state index is -1.96. The van der Waals surface area contributed by atoms with E-state index in [-0.39, 0.29) is 0 Å². The first-order valence-corrected chi connectivity index (χ1v) is 19.7. The summed E-state index contributed by atoms with van der Waals surface area (Å²) in [6.07, 6.45) is -2.93. The molecule has 0 aliphatic carbocycles. The Labute approximate surface area is 287 Å². The molecule has 0 radical (unpaired) electrons. The summed E-state index contributed by atoms with van der Waals surface area (Å²) in [5.74, 6) is 1.38. The summed E-state index contributed by atoms with van der Waals surface area (Å²) in [6, 6.07) is 41.1. The van der Waals surface area contributed by atoms with Gasteiger partial charge in [0, 0.05) is 0 Å². The molecule has 0 amide bonds. The van der Waals surface area contributed by atoms with E-state index in [9.17, 15) is 0 Å². The van der Waals surface area contributed by atoms with Gasteiger partial charge < -0.3 is 32.8 Å². The van der Waals surface area contributed by atoms with Crippen LogP contribution in [0.15, 0.2) is 115 Å². The first-order valence-electron chi connectivity index (χ1n) is 17.1. The maximum absolute atomic E-state index is 6.87. The van der Waals surface area contributed by atoms with Gasteiger partial charge in [0.05, 0.1) is 33.5 Å². The van der Waals surface area contributed by atoms with E-state index in [0.29, 0.717) is 32.2 Å². The van der Waals surface area contributed by atoms with E-state index in [1.54, 1.807) is 7.11 Å². The standard InChI is InChI=1S/C40H50O7Si/c1-5-48(6-2,7-3)45-30-36-37(42-27-31-17-11-8-12-18-31)38(43-28-32-19-13-9-14-20-32)39(44-29-33-21-15-10-16-22-33)40(47-36)46-35-25-23-34(41-4)24-26-35/h8-26,36-40H,5-7,27-30H2,1-4H3/t36-,37-,38+,39+,40+/m1/s1. The van der Waals surface area contributed by atoms with Crippen LogP contribution in [0.4, 0.5) is 0 Å². The second-order valence-corrected chi connectivity index (χ2v) is 17.0. The van der Waals surface area contributed by atoms with Gasteiger partial charge in [-0.05, 0) is 59.1 Å². The zero-order chi connectivity index (χ0) is 33.6. The molecule has 8 heteroatoms. The molecule has 48 heavy (non-hydrogen) atoms. The highest BCUT2D eigenvalue weighted by atomic mass is 28.4. The third kappa shape index (κ3) is 9.78. The van der Waals surface area contributed by atoms with Crippen molar-refractivity contribution in [1.82, 2.24) is 0 Å². The average Bonchev–Trinajstić information content (AvgIpc) is 3.15. The molecular formula is C40H50O7Si. The maximum atomic E-state index is 6.87. The average molecular weight is 671 g/mol. The van der Waals surface area contributed by atoms with Gasteiger partial charge in [-0.3, -0.25) is 0 Å². The van der Waals surface area contributed by atoms with Crippen molar-refractivity contribution in [2.75, 3.05) is 13.7 Å². The molecule has 0 aromatic heterocycles. The zero-order valence-electron chi connectivity index (χ0n) is 28.7. The van der Waals surface area contributed by atoms with Gasteiger partial charge in [0.25, 0.3) is 0 Å². The van der Waals surface area contributed by atoms with Crippen LogP contribution in [0.25, 0.3) is 0 Å². The van der Waals surface area contributed by atoms with Crippen LogP contribution in [0.3, 0.4) is 0 Å². The minimum Gasteiger partial charge on any atom is -0.497 e. The summed E-state index contributed by atoms with van der Waals surface area (Å²) in [5.41, 5.74) is 3.17. The van der Waals surface area contributed by atoms with Crippen LogP contribution < -0.4 is 9.47 Å². The van der Waals surface area contributed by atoms with Crippen molar-refractivity contribution in [2.45, 2.75) is 89.4 Å². The van der Waals surface area contributed by atoms with Gasteiger partial charge in [-0.2, -0.15) is 0 Å². The van der Waals surface area contributed by atoms with Crippen LogP contribution in [0.1, 0.15) is 37.5 Å². The van der Waals surface area contributed by atoms with E-state index in [1.807, 2.05) is 91.0 Å². The van der Waals surface area contributed by atoms with E-state index in [1.165, 1.54) is 0 Å². The Morgan fingerprint density at radius 3 is 1.44 bits per heavy atom. The van der Waals surface area contributed by atoms with Gasteiger partial charge >= 0.3 is 0 Å². The van der Waals surface area contributed by atoms with Crippen molar-refractivity contribution in [3.05, 3.63) is 132 Å². The Bertz CT molecular complexity index is 1440. The molecule has 1 aliphatic rings. The Balaban J connectivity index is 1.51. The highest BCUT2D eigenvalue weighted by Crippen LogP contribution is 2.34. The molecular weight excluding hydrogens is 621 g/mol. The Morgan fingerprint density at radius 2 is 0.979 bits per heavy atom. The molecule has 1 heterocycles. The predicted molar refractivity (Wildman–Crippen MR) is 190 cm³/mol. The molecule has 7 nitrogen and oxygen atoms in total. The fourth-order valence-electron chi connectivity index (χ4n) is 6.08. The molecule has 4 aromatic carbocycles. The highest BCUT2D eigenvalue weighted by molar-refractivity contribution is 6.73. The van der Waals surface area contributed by atoms with Crippen LogP contribution in [0.5, 0.6) is 11.5 Å². The van der Waals surface area contributed by atoms with Gasteiger partial charge in [0.2, 0.25) is 6.29 Å². The molecule has 5 atom stereocenters. The zero-order valence-corrected chi connectivity index (χ0v) is 29.7. The second kappa shape index (κ2) is 18.3. The molecule has 1 aliphatic heterocycles. The first kappa shape index (κ1) is 35.8. The van der Waals surface area contributed by atoms with E-state index < -0.39 is 39.0 Å². The summed E-state index contributed by atoms with van der Waals surface area (Å²) in [5, 5.41) is 0. The first-order chi connectivity index (χ1) is 23.6. The van der Waals surface area contributed by atoms with Crippen molar-refractivity contribution in [3.63, 3.8) is 0 Å². The van der Waals surface area contributed by atoms with Gasteiger partial charge in [-0.15, -0.1) is 0 Å². The molecule has 1 fully saturated rings. The molecule has 4 aromatic rings. The smallest absolute Gasteiger partial charge is 0.229 e. The van der Waals surface area contributed by atoms with Gasteiger partial charge in [0.15, 0.2) is 8.32 Å². The van der Waals surface area contributed by atoms with E-state index >= 15 is 0 Å². The lowest BCUT2D eigenvalue weighted by atomic mass is 9.97. The monoisotopic (exact) mass is 670 g/mol. The SMILES string of the molecule is CC[Si](CC)(CC)OC[C@H]1O[C@H](Oc2ccc(OC)cc2)[C@@H](OCc2ccccc2)[C@@H](OCc2ccccc2)[C@@H]1OCc1ccccc1. The van der Waals surface area contributed by atoms with Crippen molar-refractivity contribution in [1.29, 1.82) is 0 Å². The van der Waals surface area contributed by atoms with Crippen molar-refractivity contribution >= 4 is 8.32 Å². The molecule has 256 valence electrons. The summed E-state index contributed by atoms with van der Waals surface area (Å²) < 4.78 is 46.1. The summed E-state index contributed by atoms with van der Waals surface area (Å²) >= 11 is 0. The van der Waals surface area contributed by atoms with Crippen LogP contribution in [0.2, 0.25) is 18.1 Å². The van der Waals surface area contributed by atoms with Crippen molar-refractivity contribution < 1.29 is 32.8 Å². The van der Waals surface area contributed by atoms with E-state index in [2.05, 4.69) is 45.0 Å². The van der Waals surface area contributed by atoms with Gasteiger partial charge in [-0.25, -0.2) is 0 Å².